The number of halogens is 1. The molecule has 19 heavy (non-hydrogen) atoms. The fraction of sp³-hybridized carbons (Fsp3) is 0.286. The van der Waals surface area contributed by atoms with Gasteiger partial charge in [-0.25, -0.2) is 0 Å². The van der Waals surface area contributed by atoms with Crippen LogP contribution >= 0.6 is 11.6 Å². The first-order valence-corrected chi connectivity index (χ1v) is 6.22. The van der Waals surface area contributed by atoms with E-state index in [0.717, 1.165) is 0 Å². The second-order valence-corrected chi connectivity index (χ2v) is 4.96. The molecule has 0 saturated carbocycles. The van der Waals surface area contributed by atoms with Crippen LogP contribution in [-0.2, 0) is 4.79 Å². The Morgan fingerprint density at radius 1 is 1.37 bits per heavy atom. The van der Waals surface area contributed by atoms with Crippen LogP contribution in [-0.4, -0.2) is 5.97 Å². The van der Waals surface area contributed by atoms with Gasteiger partial charge in [0.2, 0.25) is 5.43 Å². The summed E-state index contributed by atoms with van der Waals surface area (Å²) in [5.74, 6) is -0.178. The predicted molar refractivity (Wildman–Crippen MR) is 72.7 cm³/mol. The number of carbonyl (C=O) groups is 1. The fourth-order valence-electron chi connectivity index (χ4n) is 1.63. The molecule has 1 aromatic carbocycles. The minimum atomic E-state index is -0.334. The fourth-order valence-corrected chi connectivity index (χ4v) is 1.78. The predicted octanol–water partition coefficient (Wildman–Crippen LogP) is 3.32. The van der Waals surface area contributed by atoms with Gasteiger partial charge in [-0.1, -0.05) is 25.4 Å². The van der Waals surface area contributed by atoms with E-state index < -0.39 is 0 Å². The molecule has 0 N–H and O–H groups in total. The van der Waals surface area contributed by atoms with E-state index in [1.165, 1.54) is 6.26 Å². The molecule has 0 aliphatic rings. The standard InChI is InChI=1S/C14H13ClO4/c1-7(2)14(17)19-11-5-4-9-12(16)10(15)6-18-13(9)8(11)3/h4-7H,1-3H3. The number of hydrogen-bond acceptors (Lipinski definition) is 4. The van der Waals surface area contributed by atoms with Crippen molar-refractivity contribution in [3.63, 3.8) is 0 Å². The Bertz CT molecular complexity index is 700. The normalized spacial score (nSPS) is 11.0. The van der Waals surface area contributed by atoms with Crippen LogP contribution in [0.1, 0.15) is 19.4 Å². The van der Waals surface area contributed by atoms with Crippen molar-refractivity contribution in [1.29, 1.82) is 0 Å². The van der Waals surface area contributed by atoms with Crippen molar-refractivity contribution in [3.8, 4) is 5.75 Å². The highest BCUT2D eigenvalue weighted by Gasteiger charge is 2.15. The van der Waals surface area contributed by atoms with Crippen molar-refractivity contribution < 1.29 is 13.9 Å². The van der Waals surface area contributed by atoms with Crippen molar-refractivity contribution in [2.75, 3.05) is 0 Å². The SMILES string of the molecule is Cc1c(OC(=O)C(C)C)ccc2c(=O)c(Cl)coc12. The van der Waals surface area contributed by atoms with E-state index >= 15 is 0 Å². The highest BCUT2D eigenvalue weighted by Crippen LogP contribution is 2.27. The van der Waals surface area contributed by atoms with Crippen LogP contribution in [0.2, 0.25) is 5.02 Å². The van der Waals surface area contributed by atoms with E-state index in [4.69, 9.17) is 20.8 Å². The Balaban J connectivity index is 2.56. The molecule has 0 saturated heterocycles. The third kappa shape index (κ3) is 2.49. The zero-order chi connectivity index (χ0) is 14.2. The molecular formula is C14H13ClO4. The topological polar surface area (TPSA) is 56.5 Å². The van der Waals surface area contributed by atoms with Crippen molar-refractivity contribution >= 4 is 28.5 Å². The number of carbonyl (C=O) groups excluding carboxylic acids is 1. The molecule has 0 amide bonds. The van der Waals surface area contributed by atoms with Crippen LogP contribution in [0, 0.1) is 12.8 Å². The Morgan fingerprint density at radius 3 is 2.68 bits per heavy atom. The van der Waals surface area contributed by atoms with E-state index in [9.17, 15) is 9.59 Å². The number of esters is 1. The van der Waals surface area contributed by atoms with Crippen molar-refractivity contribution in [3.05, 3.63) is 39.2 Å². The molecule has 0 spiro atoms. The molecule has 0 aliphatic carbocycles. The van der Waals surface area contributed by atoms with Gasteiger partial charge < -0.3 is 9.15 Å². The van der Waals surface area contributed by atoms with Crippen LogP contribution in [0.3, 0.4) is 0 Å². The number of rotatable bonds is 2. The summed E-state index contributed by atoms with van der Waals surface area (Å²) in [4.78, 5) is 23.4. The van der Waals surface area contributed by atoms with Gasteiger partial charge in [-0.05, 0) is 19.1 Å². The van der Waals surface area contributed by atoms with E-state index in [0.29, 0.717) is 22.3 Å². The number of benzene rings is 1. The lowest BCUT2D eigenvalue weighted by molar-refractivity contribution is -0.137. The van der Waals surface area contributed by atoms with Gasteiger partial charge >= 0.3 is 5.97 Å². The molecule has 0 bridgehead atoms. The molecule has 0 atom stereocenters. The summed E-state index contributed by atoms with van der Waals surface area (Å²) >= 11 is 5.71. The highest BCUT2D eigenvalue weighted by molar-refractivity contribution is 6.30. The summed E-state index contributed by atoms with van der Waals surface area (Å²) in [6.07, 6.45) is 1.19. The summed E-state index contributed by atoms with van der Waals surface area (Å²) in [7, 11) is 0. The zero-order valence-electron chi connectivity index (χ0n) is 10.8. The maximum absolute atomic E-state index is 11.8. The van der Waals surface area contributed by atoms with E-state index in [-0.39, 0.29) is 22.3 Å². The first-order chi connectivity index (χ1) is 8.91. The Hall–Kier alpha value is -1.81. The average molecular weight is 281 g/mol. The molecule has 0 fully saturated rings. The average Bonchev–Trinajstić information content (AvgIpc) is 2.37. The summed E-state index contributed by atoms with van der Waals surface area (Å²) < 4.78 is 10.6. The molecule has 5 heteroatoms. The number of hydrogen-bond donors (Lipinski definition) is 0. The molecule has 0 aliphatic heterocycles. The van der Waals surface area contributed by atoms with Gasteiger partial charge in [-0.3, -0.25) is 9.59 Å². The van der Waals surface area contributed by atoms with Gasteiger partial charge in [0.25, 0.3) is 0 Å². The minimum absolute atomic E-state index is 0.0267. The van der Waals surface area contributed by atoms with Gasteiger partial charge in [0.1, 0.15) is 22.6 Å². The van der Waals surface area contributed by atoms with Gasteiger partial charge in [-0.2, -0.15) is 0 Å². The van der Waals surface area contributed by atoms with Crippen LogP contribution in [0.5, 0.6) is 5.75 Å². The van der Waals surface area contributed by atoms with Crippen molar-refractivity contribution in [2.24, 2.45) is 5.92 Å². The van der Waals surface area contributed by atoms with Crippen molar-refractivity contribution in [2.45, 2.75) is 20.8 Å². The maximum atomic E-state index is 11.8. The highest BCUT2D eigenvalue weighted by atomic mass is 35.5. The molecule has 1 heterocycles. The van der Waals surface area contributed by atoms with E-state index in [1.807, 2.05) is 0 Å². The number of ether oxygens (including phenoxy) is 1. The number of fused-ring (bicyclic) bond motifs is 1. The third-order valence-electron chi connectivity index (χ3n) is 2.78. The first kappa shape index (κ1) is 13.6. The summed E-state index contributed by atoms with van der Waals surface area (Å²) in [5, 5.41) is 0.396. The molecule has 2 rings (SSSR count). The molecule has 2 aromatic rings. The summed E-state index contributed by atoms with van der Waals surface area (Å²) in [5.41, 5.74) is 0.677. The monoisotopic (exact) mass is 280 g/mol. The van der Waals surface area contributed by atoms with Crippen LogP contribution in [0.15, 0.2) is 27.6 Å². The molecule has 0 unspecified atom stereocenters. The zero-order valence-corrected chi connectivity index (χ0v) is 11.6. The molecule has 100 valence electrons. The molecular weight excluding hydrogens is 268 g/mol. The largest absolute Gasteiger partial charge is 0.462 e. The molecule has 4 nitrogen and oxygen atoms in total. The Labute approximate surface area is 114 Å². The van der Waals surface area contributed by atoms with Gasteiger partial charge in [0.05, 0.1) is 11.3 Å². The summed E-state index contributed by atoms with van der Waals surface area (Å²) in [6, 6.07) is 3.12. The molecule has 1 aromatic heterocycles. The smallest absolute Gasteiger partial charge is 0.313 e. The maximum Gasteiger partial charge on any atom is 0.313 e. The van der Waals surface area contributed by atoms with Crippen LogP contribution in [0.25, 0.3) is 11.0 Å². The van der Waals surface area contributed by atoms with Gasteiger partial charge in [-0.15, -0.1) is 0 Å². The third-order valence-corrected chi connectivity index (χ3v) is 3.04. The van der Waals surface area contributed by atoms with Crippen molar-refractivity contribution in [1.82, 2.24) is 0 Å². The Morgan fingerprint density at radius 2 is 2.05 bits per heavy atom. The second-order valence-electron chi connectivity index (χ2n) is 4.55. The summed E-state index contributed by atoms with van der Waals surface area (Å²) in [6.45, 7) is 5.22. The van der Waals surface area contributed by atoms with Crippen LogP contribution < -0.4 is 10.2 Å². The van der Waals surface area contributed by atoms with Crippen LogP contribution in [0.4, 0.5) is 0 Å². The van der Waals surface area contributed by atoms with Gasteiger partial charge in [0.15, 0.2) is 0 Å². The number of aryl methyl sites for hydroxylation is 1. The first-order valence-electron chi connectivity index (χ1n) is 5.84. The molecule has 0 radical (unpaired) electrons. The second kappa shape index (κ2) is 5.05. The Kier molecular flexibility index (Phi) is 3.62. The quantitative estimate of drug-likeness (QED) is 0.625. The minimum Gasteiger partial charge on any atom is -0.462 e. The van der Waals surface area contributed by atoms with E-state index in [2.05, 4.69) is 0 Å². The lowest BCUT2D eigenvalue weighted by Gasteiger charge is -2.10. The lowest BCUT2D eigenvalue weighted by atomic mass is 10.1. The lowest BCUT2D eigenvalue weighted by Crippen LogP contribution is -2.15. The van der Waals surface area contributed by atoms with E-state index in [1.54, 1.807) is 32.9 Å². The van der Waals surface area contributed by atoms with Gasteiger partial charge in [0, 0.05) is 5.56 Å².